The number of halogens is 6. The number of rotatable bonds is 9. The summed E-state index contributed by atoms with van der Waals surface area (Å²) >= 11 is 6.17. The Kier molecular flexibility index (Phi) is 10.3. The lowest BCUT2D eigenvalue weighted by atomic mass is 10.1. The Balaban J connectivity index is 1.71. The molecule has 39 heavy (non-hydrogen) atoms. The molecule has 3 rings (SSSR count). The smallest absolute Gasteiger partial charge is 0.390 e. The first-order valence-electron chi connectivity index (χ1n) is 12.2. The second-order valence-electron chi connectivity index (χ2n) is 9.05. The van der Waals surface area contributed by atoms with E-state index in [0.29, 0.717) is 30.3 Å². The van der Waals surface area contributed by atoms with E-state index >= 15 is 0 Å². The Bertz CT molecular complexity index is 1180. The fourth-order valence-corrected chi connectivity index (χ4v) is 4.35. The third-order valence-corrected chi connectivity index (χ3v) is 6.48. The van der Waals surface area contributed by atoms with Gasteiger partial charge in [0.15, 0.2) is 11.6 Å². The van der Waals surface area contributed by atoms with E-state index in [4.69, 9.17) is 16.7 Å². The van der Waals surface area contributed by atoms with E-state index in [1.807, 2.05) is 4.90 Å². The maximum absolute atomic E-state index is 14.8. The summed E-state index contributed by atoms with van der Waals surface area (Å²) in [5.74, 6) is -3.62. The summed E-state index contributed by atoms with van der Waals surface area (Å²) < 4.78 is 67.4. The minimum atomic E-state index is -4.25. The van der Waals surface area contributed by atoms with Crippen LogP contribution in [0.4, 0.5) is 38.1 Å². The molecule has 14 heteroatoms. The van der Waals surface area contributed by atoms with Crippen LogP contribution in [0.2, 0.25) is 5.02 Å². The maximum atomic E-state index is 14.8. The zero-order chi connectivity index (χ0) is 28.7. The lowest BCUT2D eigenvalue weighted by molar-refractivity contribution is -0.139. The van der Waals surface area contributed by atoms with Crippen LogP contribution < -0.4 is 20.9 Å². The molecule has 0 radical (unpaired) electrons. The number of nitrogens with zero attached hydrogens (tertiary/aromatic N) is 2. The first kappa shape index (κ1) is 30.4. The van der Waals surface area contributed by atoms with Gasteiger partial charge in [0.25, 0.3) is 5.91 Å². The molecule has 0 spiro atoms. The molecule has 0 saturated carbocycles. The van der Waals surface area contributed by atoms with Gasteiger partial charge in [0.1, 0.15) is 0 Å². The van der Waals surface area contributed by atoms with Gasteiger partial charge in [0.2, 0.25) is 0 Å². The maximum Gasteiger partial charge on any atom is 0.390 e. The van der Waals surface area contributed by atoms with Gasteiger partial charge in [0.05, 0.1) is 30.0 Å². The van der Waals surface area contributed by atoms with Gasteiger partial charge < -0.3 is 26.0 Å². The van der Waals surface area contributed by atoms with Crippen LogP contribution in [0.1, 0.15) is 29.3 Å². The van der Waals surface area contributed by atoms with Gasteiger partial charge in [-0.25, -0.2) is 13.6 Å². The number of amides is 3. The van der Waals surface area contributed by atoms with Crippen LogP contribution in [0.3, 0.4) is 0 Å². The van der Waals surface area contributed by atoms with E-state index in [1.54, 1.807) is 17.9 Å². The van der Waals surface area contributed by atoms with Crippen molar-refractivity contribution in [3.05, 3.63) is 58.1 Å². The van der Waals surface area contributed by atoms with Gasteiger partial charge in [-0.05, 0) is 31.2 Å². The number of carbonyl (C=O) groups is 2. The average molecular weight is 578 g/mol. The predicted octanol–water partition coefficient (Wildman–Crippen LogP) is 4.12. The van der Waals surface area contributed by atoms with Crippen molar-refractivity contribution in [1.82, 2.24) is 15.5 Å². The lowest BCUT2D eigenvalue weighted by Crippen LogP contribution is -2.52. The quantitative estimate of drug-likeness (QED) is 0.336. The number of anilines is 2. The number of carbonyl (C=O) groups excluding carboxylic acids is 2. The SMILES string of the molecule is C[C@H]1CN(c2cc(Cl)ccc2NC(=O)c2ccc(CNC(=O)NCCO)c(F)c2F)CCN1CCC(F)(F)F. The summed E-state index contributed by atoms with van der Waals surface area (Å²) in [6, 6.07) is 5.96. The highest BCUT2D eigenvalue weighted by molar-refractivity contribution is 6.31. The largest absolute Gasteiger partial charge is 0.395 e. The molecule has 1 atom stereocenters. The Morgan fingerprint density at radius 3 is 2.51 bits per heavy atom. The van der Waals surface area contributed by atoms with Crippen LogP contribution in [-0.4, -0.2) is 73.5 Å². The summed E-state index contributed by atoms with van der Waals surface area (Å²) in [4.78, 5) is 28.1. The Morgan fingerprint density at radius 1 is 1.10 bits per heavy atom. The van der Waals surface area contributed by atoms with Crippen molar-refractivity contribution in [2.24, 2.45) is 0 Å². The fraction of sp³-hybridized carbons (Fsp3) is 0.440. The van der Waals surface area contributed by atoms with Gasteiger partial charge in [-0.2, -0.15) is 13.2 Å². The number of hydrogen-bond acceptors (Lipinski definition) is 5. The van der Waals surface area contributed by atoms with Crippen LogP contribution in [0.15, 0.2) is 30.3 Å². The predicted molar refractivity (Wildman–Crippen MR) is 137 cm³/mol. The van der Waals surface area contributed by atoms with Crippen LogP contribution in [0, 0.1) is 11.6 Å². The minimum absolute atomic E-state index is 0.0128. The van der Waals surface area contributed by atoms with Crippen molar-refractivity contribution in [3.63, 3.8) is 0 Å². The first-order valence-corrected chi connectivity index (χ1v) is 12.5. The van der Waals surface area contributed by atoms with Gasteiger partial charge in [-0.1, -0.05) is 17.7 Å². The highest BCUT2D eigenvalue weighted by Gasteiger charge is 2.31. The molecular formula is C25H29ClF5N5O3. The molecule has 214 valence electrons. The number of aliphatic hydroxyl groups excluding tert-OH is 1. The number of nitrogens with one attached hydrogen (secondary N) is 3. The van der Waals surface area contributed by atoms with E-state index < -0.39 is 41.7 Å². The van der Waals surface area contributed by atoms with Crippen molar-refractivity contribution >= 4 is 34.9 Å². The van der Waals surface area contributed by atoms with Gasteiger partial charge in [-0.3, -0.25) is 9.69 Å². The molecule has 1 fully saturated rings. The molecule has 0 unspecified atom stereocenters. The molecule has 1 saturated heterocycles. The molecule has 4 N–H and O–H groups in total. The molecule has 1 aliphatic heterocycles. The monoisotopic (exact) mass is 577 g/mol. The highest BCUT2D eigenvalue weighted by atomic mass is 35.5. The number of benzene rings is 2. The lowest BCUT2D eigenvalue weighted by Gasteiger charge is -2.41. The number of aliphatic hydroxyl groups is 1. The van der Waals surface area contributed by atoms with E-state index in [9.17, 15) is 31.5 Å². The van der Waals surface area contributed by atoms with Crippen LogP contribution >= 0.6 is 11.6 Å². The fourth-order valence-electron chi connectivity index (χ4n) is 4.19. The molecule has 3 amide bonds. The van der Waals surface area contributed by atoms with Crippen LogP contribution in [0.25, 0.3) is 0 Å². The van der Waals surface area contributed by atoms with Crippen molar-refractivity contribution in [2.45, 2.75) is 32.1 Å². The molecule has 8 nitrogen and oxygen atoms in total. The summed E-state index contributed by atoms with van der Waals surface area (Å²) in [5, 5.41) is 16.3. The Morgan fingerprint density at radius 2 is 1.85 bits per heavy atom. The molecule has 0 aliphatic carbocycles. The number of hydrogen-bond donors (Lipinski definition) is 4. The molecule has 0 aromatic heterocycles. The third kappa shape index (κ3) is 8.41. The molecule has 2 aromatic carbocycles. The van der Waals surface area contributed by atoms with Gasteiger partial charge in [0, 0.05) is 55.9 Å². The summed E-state index contributed by atoms with van der Waals surface area (Å²) in [6.45, 7) is 2.10. The highest BCUT2D eigenvalue weighted by Crippen LogP contribution is 2.32. The van der Waals surface area contributed by atoms with E-state index in [2.05, 4.69) is 16.0 Å². The minimum Gasteiger partial charge on any atom is -0.395 e. The van der Waals surface area contributed by atoms with Crippen molar-refractivity contribution in [3.8, 4) is 0 Å². The van der Waals surface area contributed by atoms with Crippen molar-refractivity contribution in [2.75, 3.05) is 49.5 Å². The van der Waals surface area contributed by atoms with E-state index in [-0.39, 0.29) is 43.5 Å². The summed E-state index contributed by atoms with van der Waals surface area (Å²) in [7, 11) is 0. The number of alkyl halides is 3. The Hall–Kier alpha value is -3.16. The van der Waals surface area contributed by atoms with E-state index in [0.717, 1.165) is 6.07 Å². The number of urea groups is 1. The Labute approximate surface area is 227 Å². The van der Waals surface area contributed by atoms with Crippen LogP contribution in [-0.2, 0) is 6.54 Å². The topological polar surface area (TPSA) is 96.9 Å². The van der Waals surface area contributed by atoms with Crippen molar-refractivity contribution < 1.29 is 36.6 Å². The third-order valence-electron chi connectivity index (χ3n) is 6.24. The normalized spacial score (nSPS) is 16.2. The van der Waals surface area contributed by atoms with Gasteiger partial charge >= 0.3 is 12.2 Å². The summed E-state index contributed by atoms with van der Waals surface area (Å²) in [5.41, 5.74) is 0.0141. The standard InChI is InChI=1S/C25H29ClF5N5O3/c1-15-14-36(10-9-35(15)8-6-25(29,30)31)20-12-17(26)3-5-19(20)34-23(38)18-4-2-16(21(27)22(18)28)13-33-24(39)32-7-11-37/h2-5,12,15,37H,6-11,13-14H2,1H3,(H,34,38)(H2,32,33,39)/t15-/m0/s1. The number of piperazine rings is 1. The second-order valence-corrected chi connectivity index (χ2v) is 9.48. The second kappa shape index (κ2) is 13.3. The zero-order valence-corrected chi connectivity index (χ0v) is 21.8. The molecule has 1 heterocycles. The molecule has 1 aliphatic rings. The molecule has 0 bridgehead atoms. The van der Waals surface area contributed by atoms with Gasteiger partial charge in [-0.15, -0.1) is 0 Å². The van der Waals surface area contributed by atoms with Crippen molar-refractivity contribution in [1.29, 1.82) is 0 Å². The average Bonchev–Trinajstić information content (AvgIpc) is 2.88. The molecular weight excluding hydrogens is 549 g/mol. The van der Waals surface area contributed by atoms with E-state index in [1.165, 1.54) is 18.2 Å². The zero-order valence-electron chi connectivity index (χ0n) is 21.0. The summed E-state index contributed by atoms with van der Waals surface area (Å²) in [6.07, 6.45) is -5.16. The molecule has 2 aromatic rings. The van der Waals surface area contributed by atoms with Crippen LogP contribution in [0.5, 0.6) is 0 Å². The first-order chi connectivity index (χ1) is 18.4.